The van der Waals surface area contributed by atoms with E-state index in [1.165, 1.54) is 0 Å². The van der Waals surface area contributed by atoms with Crippen molar-refractivity contribution in [2.24, 2.45) is 0 Å². The third-order valence-corrected chi connectivity index (χ3v) is 0.430. The number of rotatable bonds is 2. The van der Waals surface area contributed by atoms with Gasteiger partial charge in [0.2, 0.25) is 0 Å². The van der Waals surface area contributed by atoms with Crippen LogP contribution in [0.2, 0.25) is 0 Å². The molecule has 0 aliphatic heterocycles. The Morgan fingerprint density at radius 2 is 2.29 bits per heavy atom. The molecule has 0 aromatic heterocycles. The molecular formula is C5H7O2. The fourth-order valence-electron chi connectivity index (χ4n) is 0.239. The first kappa shape index (κ1) is 6.21. The average molecular weight is 99.1 g/mol. The van der Waals surface area contributed by atoms with E-state index in [-0.39, 0.29) is 6.42 Å². The molecular weight excluding hydrogens is 92.1 g/mol. The Morgan fingerprint density at radius 3 is 2.29 bits per heavy atom. The summed E-state index contributed by atoms with van der Waals surface area (Å²) >= 11 is 0. The lowest BCUT2D eigenvalue weighted by atomic mass is 10.2. The molecule has 0 aromatic carbocycles. The van der Waals surface area contributed by atoms with E-state index >= 15 is 0 Å². The third-order valence-electron chi connectivity index (χ3n) is 0.430. The lowest BCUT2D eigenvalue weighted by Gasteiger charge is -1.86. The minimum absolute atomic E-state index is 0.0278. The number of hydrogen-bond donors (Lipinski definition) is 1. The number of carbonyl (C=O) groups is 1. The molecule has 0 bridgehead atoms. The standard InChI is InChI=1S/C5H7O2/c1-4(2)3-5(6)7/h1H,3H2,2H3,(H,6,7). The highest BCUT2D eigenvalue weighted by atomic mass is 16.4. The highest BCUT2D eigenvalue weighted by Gasteiger charge is 1.92. The van der Waals surface area contributed by atoms with Crippen molar-refractivity contribution in [2.45, 2.75) is 13.3 Å². The zero-order valence-corrected chi connectivity index (χ0v) is 4.14. The van der Waals surface area contributed by atoms with Crippen molar-refractivity contribution in [3.63, 3.8) is 0 Å². The van der Waals surface area contributed by atoms with E-state index in [2.05, 4.69) is 0 Å². The topological polar surface area (TPSA) is 37.3 Å². The fourth-order valence-corrected chi connectivity index (χ4v) is 0.239. The quantitative estimate of drug-likeness (QED) is 0.557. The Kier molecular flexibility index (Phi) is 2.12. The van der Waals surface area contributed by atoms with Gasteiger partial charge in [0.1, 0.15) is 0 Å². The summed E-state index contributed by atoms with van der Waals surface area (Å²) in [5.41, 5.74) is 0.438. The predicted molar refractivity (Wildman–Crippen MR) is 25.7 cm³/mol. The number of hydrogen-bond acceptors (Lipinski definition) is 1. The van der Waals surface area contributed by atoms with Gasteiger partial charge < -0.3 is 5.11 Å². The van der Waals surface area contributed by atoms with Crippen LogP contribution in [0, 0.1) is 6.58 Å². The van der Waals surface area contributed by atoms with Crippen LogP contribution in [0.4, 0.5) is 0 Å². The van der Waals surface area contributed by atoms with E-state index < -0.39 is 5.97 Å². The van der Waals surface area contributed by atoms with E-state index in [0.29, 0.717) is 5.57 Å². The maximum atomic E-state index is 9.71. The Balaban J connectivity index is 3.32. The van der Waals surface area contributed by atoms with Gasteiger partial charge in [-0.15, -0.1) is 0 Å². The van der Waals surface area contributed by atoms with Crippen LogP contribution in [0.5, 0.6) is 0 Å². The summed E-state index contributed by atoms with van der Waals surface area (Å²) in [6.45, 7) is 6.61. The molecule has 0 saturated carbocycles. The first-order valence-electron chi connectivity index (χ1n) is 1.92. The molecule has 0 aliphatic rings. The molecule has 0 aliphatic carbocycles. The Labute approximate surface area is 42.5 Å². The zero-order valence-electron chi connectivity index (χ0n) is 4.14. The molecule has 1 N–H and O–H groups in total. The van der Waals surface area contributed by atoms with Crippen LogP contribution in [-0.4, -0.2) is 11.1 Å². The van der Waals surface area contributed by atoms with Crippen molar-refractivity contribution in [2.75, 3.05) is 0 Å². The van der Waals surface area contributed by atoms with Crippen LogP contribution in [0.1, 0.15) is 13.3 Å². The molecule has 0 amide bonds. The molecule has 0 fully saturated rings. The van der Waals surface area contributed by atoms with Gasteiger partial charge in [0.25, 0.3) is 0 Å². The van der Waals surface area contributed by atoms with Gasteiger partial charge in [-0.1, -0.05) is 12.2 Å². The molecule has 7 heavy (non-hydrogen) atoms. The molecule has 0 atom stereocenters. The summed E-state index contributed by atoms with van der Waals surface area (Å²) in [7, 11) is 0. The summed E-state index contributed by atoms with van der Waals surface area (Å²) in [5, 5.41) is 7.98. The van der Waals surface area contributed by atoms with Gasteiger partial charge in [0, 0.05) is 0 Å². The highest BCUT2D eigenvalue weighted by Crippen LogP contribution is 1.91. The second-order valence-electron chi connectivity index (χ2n) is 1.42. The van der Waals surface area contributed by atoms with Crippen molar-refractivity contribution < 1.29 is 9.90 Å². The Morgan fingerprint density at radius 1 is 1.86 bits per heavy atom. The van der Waals surface area contributed by atoms with E-state index in [4.69, 9.17) is 11.7 Å². The molecule has 0 unspecified atom stereocenters. The third kappa shape index (κ3) is 5.21. The normalized spacial score (nSPS) is 8.14. The van der Waals surface area contributed by atoms with Gasteiger partial charge in [-0.3, -0.25) is 4.79 Å². The van der Waals surface area contributed by atoms with Gasteiger partial charge in [-0.2, -0.15) is 0 Å². The summed E-state index contributed by atoms with van der Waals surface area (Å²) in [6.07, 6.45) is -0.0278. The average Bonchev–Trinajstić information content (AvgIpc) is 1.27. The summed E-state index contributed by atoms with van der Waals surface area (Å²) < 4.78 is 0. The molecule has 0 rings (SSSR count). The van der Waals surface area contributed by atoms with Gasteiger partial charge >= 0.3 is 5.97 Å². The zero-order chi connectivity index (χ0) is 5.86. The smallest absolute Gasteiger partial charge is 0.307 e. The maximum absolute atomic E-state index is 9.71. The number of carboxylic acids is 1. The van der Waals surface area contributed by atoms with E-state index in [1.54, 1.807) is 6.92 Å². The van der Waals surface area contributed by atoms with Gasteiger partial charge in [0.15, 0.2) is 0 Å². The van der Waals surface area contributed by atoms with Crippen molar-refractivity contribution in [1.82, 2.24) is 0 Å². The van der Waals surface area contributed by atoms with E-state index in [1.807, 2.05) is 0 Å². The molecule has 0 aromatic rings. The number of aliphatic carboxylic acids is 1. The molecule has 39 valence electrons. The van der Waals surface area contributed by atoms with E-state index in [0.717, 1.165) is 0 Å². The first-order chi connectivity index (χ1) is 3.13. The van der Waals surface area contributed by atoms with Crippen LogP contribution in [0.3, 0.4) is 0 Å². The SMILES string of the molecule is [CH]=C(C)CC(=O)O. The summed E-state index contributed by atoms with van der Waals surface area (Å²) in [4.78, 5) is 9.71. The monoisotopic (exact) mass is 99.0 g/mol. The van der Waals surface area contributed by atoms with Crippen molar-refractivity contribution in [1.29, 1.82) is 0 Å². The fraction of sp³-hybridized carbons (Fsp3) is 0.400. The Hall–Kier alpha value is -0.790. The maximum Gasteiger partial charge on any atom is 0.307 e. The van der Waals surface area contributed by atoms with Crippen molar-refractivity contribution >= 4 is 5.97 Å². The van der Waals surface area contributed by atoms with Gasteiger partial charge in [-0.05, 0) is 6.92 Å². The predicted octanol–water partition coefficient (Wildman–Crippen LogP) is 0.840. The first-order valence-corrected chi connectivity index (χ1v) is 1.92. The molecule has 1 radical (unpaired) electrons. The van der Waals surface area contributed by atoms with Gasteiger partial charge in [0.05, 0.1) is 6.42 Å². The Bertz CT molecular complexity index is 82.3. The largest absolute Gasteiger partial charge is 0.481 e. The molecule has 2 nitrogen and oxygen atoms in total. The number of carboxylic acid groups (broad SMARTS) is 1. The van der Waals surface area contributed by atoms with Crippen molar-refractivity contribution in [3.05, 3.63) is 12.2 Å². The second kappa shape index (κ2) is 2.39. The van der Waals surface area contributed by atoms with E-state index in [9.17, 15) is 4.79 Å². The minimum atomic E-state index is -0.875. The lowest BCUT2D eigenvalue weighted by Crippen LogP contribution is -1.92. The lowest BCUT2D eigenvalue weighted by molar-refractivity contribution is -0.136. The van der Waals surface area contributed by atoms with Crippen molar-refractivity contribution in [3.8, 4) is 0 Å². The van der Waals surface area contributed by atoms with Crippen LogP contribution in [0.25, 0.3) is 0 Å². The molecule has 2 heteroatoms. The minimum Gasteiger partial charge on any atom is -0.481 e. The summed E-state index contributed by atoms with van der Waals surface area (Å²) in [5.74, 6) is -0.875. The van der Waals surface area contributed by atoms with Crippen LogP contribution in [0.15, 0.2) is 5.57 Å². The van der Waals surface area contributed by atoms with Crippen LogP contribution in [-0.2, 0) is 4.79 Å². The molecule has 0 spiro atoms. The second-order valence-corrected chi connectivity index (χ2v) is 1.42. The molecule has 0 heterocycles. The van der Waals surface area contributed by atoms with Crippen LogP contribution >= 0.6 is 0 Å². The van der Waals surface area contributed by atoms with Gasteiger partial charge in [-0.25, -0.2) is 0 Å². The summed E-state index contributed by atoms with van der Waals surface area (Å²) in [6, 6.07) is 0. The molecule has 0 saturated heterocycles. The highest BCUT2D eigenvalue weighted by molar-refractivity contribution is 5.69. The van der Waals surface area contributed by atoms with Crippen LogP contribution < -0.4 is 0 Å².